The molecule has 186 valence electrons. The van der Waals surface area contributed by atoms with E-state index < -0.39 is 33.9 Å². The second-order valence-corrected chi connectivity index (χ2v) is 8.51. The normalized spacial score (nSPS) is 19.0. The molecule has 0 aliphatic heterocycles. The molecule has 2 unspecified atom stereocenters. The van der Waals surface area contributed by atoms with Crippen LogP contribution in [0.25, 0.3) is 0 Å². The van der Waals surface area contributed by atoms with Gasteiger partial charge in [0.2, 0.25) is 10.0 Å². The topological polar surface area (TPSA) is 85.1 Å². The molecule has 0 saturated heterocycles. The number of hydrogen-bond acceptors (Lipinski definition) is 4. The van der Waals surface area contributed by atoms with E-state index in [-0.39, 0.29) is 54.1 Å². The van der Waals surface area contributed by atoms with Crippen molar-refractivity contribution in [1.82, 2.24) is 9.71 Å². The van der Waals surface area contributed by atoms with Gasteiger partial charge in [0.05, 0.1) is 17.7 Å². The molecule has 0 aromatic carbocycles. The maximum Gasteiger partial charge on any atom is 0.417 e. The minimum Gasteiger partial charge on any atom is -0.326 e. The predicted octanol–water partition coefficient (Wildman–Crippen LogP) is 5.37. The van der Waals surface area contributed by atoms with Crippen LogP contribution < -0.4 is 10.5 Å². The van der Waals surface area contributed by atoms with Crippen LogP contribution in [0.2, 0.25) is 0 Å². The summed E-state index contributed by atoms with van der Waals surface area (Å²) in [6.45, 7) is 0.183. The van der Waals surface area contributed by atoms with Crippen LogP contribution in [0.1, 0.15) is 59.1 Å². The van der Waals surface area contributed by atoms with Crippen molar-refractivity contribution < 1.29 is 34.8 Å². The van der Waals surface area contributed by atoms with E-state index in [2.05, 4.69) is 9.71 Å². The quantitative estimate of drug-likeness (QED) is 0.564. The summed E-state index contributed by atoms with van der Waals surface area (Å²) in [5.41, 5.74) is 4.78. The van der Waals surface area contributed by atoms with Crippen molar-refractivity contribution >= 4 is 10.0 Å². The van der Waals surface area contributed by atoms with Gasteiger partial charge in [-0.05, 0) is 36.8 Å². The number of nitrogens with zero attached hydrogens (tertiary/aromatic N) is 1. The van der Waals surface area contributed by atoms with Crippen molar-refractivity contribution in [2.24, 2.45) is 17.6 Å². The molecule has 0 radical (unpaired) electrons. The van der Waals surface area contributed by atoms with Gasteiger partial charge in [0, 0.05) is 25.5 Å². The lowest BCUT2D eigenvalue weighted by Crippen LogP contribution is -2.35. The molecule has 2 rings (SSSR count). The Labute approximate surface area is 181 Å². The third kappa shape index (κ3) is 13.6. The molecule has 12 heteroatoms. The standard InChI is InChI=1S/C9H16F3NO2S.C7H7F3N2.3CH4/c1-16(14,15)13-6-7-3-2-4-8(5-7)9(10,11)12;8-7(9,10)6-1-5(2-11)3-12-4-6;;;/h7-8,13H,2-6H2,1H3;1,3-4H,2,11H2;3*1H4. The van der Waals surface area contributed by atoms with Crippen LogP contribution in [0.15, 0.2) is 18.5 Å². The highest BCUT2D eigenvalue weighted by atomic mass is 32.2. The Bertz CT molecular complexity index is 724. The van der Waals surface area contributed by atoms with Crippen LogP contribution in [0.4, 0.5) is 26.3 Å². The first kappa shape index (κ1) is 34.2. The van der Waals surface area contributed by atoms with Crippen LogP contribution >= 0.6 is 0 Å². The third-order valence-corrected chi connectivity index (χ3v) is 4.93. The average Bonchev–Trinajstić information content (AvgIpc) is 2.59. The largest absolute Gasteiger partial charge is 0.417 e. The Morgan fingerprint density at radius 1 is 1.10 bits per heavy atom. The molecule has 1 heterocycles. The first-order valence-corrected chi connectivity index (χ1v) is 10.3. The van der Waals surface area contributed by atoms with E-state index in [1.807, 2.05) is 0 Å². The van der Waals surface area contributed by atoms with E-state index in [0.29, 0.717) is 18.4 Å². The van der Waals surface area contributed by atoms with Gasteiger partial charge in [-0.15, -0.1) is 0 Å². The maximum atomic E-state index is 12.5. The molecule has 0 amide bonds. The minimum atomic E-state index is -4.34. The van der Waals surface area contributed by atoms with Crippen molar-refractivity contribution in [1.29, 1.82) is 0 Å². The van der Waals surface area contributed by atoms with E-state index in [0.717, 1.165) is 18.5 Å². The lowest BCUT2D eigenvalue weighted by molar-refractivity contribution is -0.185. The number of pyridine rings is 1. The number of rotatable bonds is 4. The fourth-order valence-electron chi connectivity index (χ4n) is 2.80. The molecule has 2 atom stereocenters. The van der Waals surface area contributed by atoms with Gasteiger partial charge in [0.1, 0.15) is 0 Å². The molecule has 1 aromatic heterocycles. The monoisotopic (exact) mass is 483 g/mol. The molecule has 1 saturated carbocycles. The lowest BCUT2D eigenvalue weighted by Gasteiger charge is -2.30. The fourth-order valence-corrected chi connectivity index (χ4v) is 3.34. The highest BCUT2D eigenvalue weighted by molar-refractivity contribution is 7.88. The van der Waals surface area contributed by atoms with Crippen LogP contribution in [0, 0.1) is 11.8 Å². The number of alkyl halides is 6. The van der Waals surface area contributed by atoms with E-state index in [1.54, 1.807) is 0 Å². The van der Waals surface area contributed by atoms with Gasteiger partial charge in [-0.1, -0.05) is 28.7 Å². The zero-order valence-electron chi connectivity index (χ0n) is 15.1. The molecule has 1 aliphatic carbocycles. The second kappa shape index (κ2) is 13.9. The molecule has 3 N–H and O–H groups in total. The van der Waals surface area contributed by atoms with Gasteiger partial charge in [-0.3, -0.25) is 4.98 Å². The second-order valence-electron chi connectivity index (χ2n) is 6.68. The predicted molar refractivity (Wildman–Crippen MR) is 112 cm³/mol. The number of halogens is 6. The van der Waals surface area contributed by atoms with Crippen molar-refractivity contribution in [3.05, 3.63) is 29.6 Å². The molecular weight excluding hydrogens is 448 g/mol. The van der Waals surface area contributed by atoms with Gasteiger partial charge in [0.15, 0.2) is 0 Å². The summed E-state index contributed by atoms with van der Waals surface area (Å²) in [5.74, 6) is -1.47. The minimum absolute atomic E-state index is 0. The molecule has 31 heavy (non-hydrogen) atoms. The van der Waals surface area contributed by atoms with E-state index in [1.165, 1.54) is 6.20 Å². The molecule has 5 nitrogen and oxygen atoms in total. The molecule has 0 bridgehead atoms. The van der Waals surface area contributed by atoms with Gasteiger partial charge >= 0.3 is 12.4 Å². The van der Waals surface area contributed by atoms with Crippen LogP contribution in [-0.2, 0) is 22.7 Å². The highest BCUT2D eigenvalue weighted by Gasteiger charge is 2.42. The Morgan fingerprint density at radius 3 is 2.13 bits per heavy atom. The SMILES string of the molecule is C.C.C.CS(=O)(=O)NCC1CCCC(C(F)(F)F)C1.NCc1cncc(C(F)(F)F)c1. The van der Waals surface area contributed by atoms with Crippen molar-refractivity contribution in [3.63, 3.8) is 0 Å². The zero-order valence-corrected chi connectivity index (χ0v) is 16.0. The zero-order chi connectivity index (χ0) is 21.6. The van der Waals surface area contributed by atoms with E-state index >= 15 is 0 Å². The van der Waals surface area contributed by atoms with Crippen molar-refractivity contribution in [2.45, 2.75) is 66.9 Å². The lowest BCUT2D eigenvalue weighted by atomic mass is 9.81. The van der Waals surface area contributed by atoms with Crippen LogP contribution in [0.3, 0.4) is 0 Å². The molecular formula is C19H35F6N3O2S. The summed E-state index contributed by atoms with van der Waals surface area (Å²) in [6, 6.07) is 0.993. The summed E-state index contributed by atoms with van der Waals surface area (Å²) in [6.07, 6.45) is -4.01. The fraction of sp³-hybridized carbons (Fsp3) is 0.737. The van der Waals surface area contributed by atoms with Crippen LogP contribution in [0.5, 0.6) is 0 Å². The average molecular weight is 484 g/mol. The van der Waals surface area contributed by atoms with Crippen LogP contribution in [-0.4, -0.2) is 32.4 Å². The number of hydrogen-bond donors (Lipinski definition) is 2. The van der Waals surface area contributed by atoms with E-state index in [9.17, 15) is 34.8 Å². The third-order valence-electron chi connectivity index (χ3n) is 4.24. The summed E-state index contributed by atoms with van der Waals surface area (Å²) in [4.78, 5) is 3.42. The van der Waals surface area contributed by atoms with E-state index in [4.69, 9.17) is 5.73 Å². The number of nitrogens with two attached hydrogens (primary N) is 1. The van der Waals surface area contributed by atoms with Crippen molar-refractivity contribution in [2.75, 3.05) is 12.8 Å². The Morgan fingerprint density at radius 2 is 1.68 bits per heavy atom. The maximum absolute atomic E-state index is 12.5. The number of sulfonamides is 1. The molecule has 1 aromatic rings. The molecule has 1 aliphatic rings. The Balaban J connectivity index is -0.000000476. The highest BCUT2D eigenvalue weighted by Crippen LogP contribution is 2.39. The number of nitrogens with one attached hydrogen (secondary N) is 1. The smallest absolute Gasteiger partial charge is 0.326 e. The Kier molecular flexibility index (Phi) is 15.3. The van der Waals surface area contributed by atoms with Gasteiger partial charge in [-0.2, -0.15) is 26.3 Å². The van der Waals surface area contributed by atoms with Crippen molar-refractivity contribution in [3.8, 4) is 0 Å². The summed E-state index contributed by atoms with van der Waals surface area (Å²) in [7, 11) is -3.31. The Hall–Kier alpha value is -1.40. The molecule has 0 spiro atoms. The summed E-state index contributed by atoms with van der Waals surface area (Å²) >= 11 is 0. The molecule has 1 fully saturated rings. The van der Waals surface area contributed by atoms with Gasteiger partial charge in [-0.25, -0.2) is 13.1 Å². The summed E-state index contributed by atoms with van der Waals surface area (Å²) in [5, 5.41) is 0. The number of aromatic nitrogens is 1. The first-order valence-electron chi connectivity index (χ1n) is 8.45. The van der Waals surface area contributed by atoms with Gasteiger partial charge in [0.25, 0.3) is 0 Å². The first-order chi connectivity index (χ1) is 12.7. The summed E-state index contributed by atoms with van der Waals surface area (Å²) < 4.78 is 97.3. The van der Waals surface area contributed by atoms with Gasteiger partial charge < -0.3 is 5.73 Å².